The van der Waals surface area contributed by atoms with Crippen LogP contribution in [0, 0.1) is 6.92 Å². The predicted octanol–water partition coefficient (Wildman–Crippen LogP) is 3.40. The molecular weight excluding hydrogens is 336 g/mol. The van der Waals surface area contributed by atoms with E-state index in [1.807, 2.05) is 6.92 Å². The summed E-state index contributed by atoms with van der Waals surface area (Å²) in [7, 11) is 0. The number of aryl methyl sites for hydroxylation is 1. The molecule has 0 aliphatic carbocycles. The SMILES string of the molecule is CCC(NC(=O)Nc1cc(Cl)c(C)cc1Br)C(=O)O. The Bertz CT molecular complexity index is 508. The van der Waals surface area contributed by atoms with Gasteiger partial charge in [-0.2, -0.15) is 0 Å². The average Bonchev–Trinajstić information content (AvgIpc) is 2.32. The van der Waals surface area contributed by atoms with Crippen LogP contribution in [0.2, 0.25) is 5.02 Å². The summed E-state index contributed by atoms with van der Waals surface area (Å²) in [5, 5.41) is 14.3. The number of nitrogens with one attached hydrogen (secondary N) is 2. The first-order valence-corrected chi connectivity index (χ1v) is 6.78. The number of hydrogen-bond acceptors (Lipinski definition) is 2. The topological polar surface area (TPSA) is 78.4 Å². The molecule has 0 spiro atoms. The summed E-state index contributed by atoms with van der Waals surface area (Å²) in [4.78, 5) is 22.5. The van der Waals surface area contributed by atoms with Gasteiger partial charge in [-0.1, -0.05) is 18.5 Å². The maximum atomic E-state index is 11.7. The standard InChI is InChI=1S/C12H14BrClN2O3/c1-3-9(11(17)18)15-12(19)16-10-5-8(14)6(2)4-7(10)13/h4-5,9H,3H2,1-2H3,(H,17,18)(H2,15,16,19). The quantitative estimate of drug-likeness (QED) is 0.779. The van der Waals surface area contributed by atoms with Gasteiger partial charge in [0.05, 0.1) is 5.69 Å². The lowest BCUT2D eigenvalue weighted by molar-refractivity contribution is -0.139. The first-order valence-electron chi connectivity index (χ1n) is 5.61. The summed E-state index contributed by atoms with van der Waals surface area (Å²) < 4.78 is 0.674. The third-order valence-corrected chi connectivity index (χ3v) is 3.57. The van der Waals surface area contributed by atoms with Crippen molar-refractivity contribution < 1.29 is 14.7 Å². The number of amides is 2. The van der Waals surface area contributed by atoms with E-state index in [1.54, 1.807) is 19.1 Å². The molecule has 1 rings (SSSR count). The van der Waals surface area contributed by atoms with E-state index in [1.165, 1.54) is 0 Å². The molecule has 0 saturated heterocycles. The second kappa shape index (κ2) is 6.77. The highest BCUT2D eigenvalue weighted by molar-refractivity contribution is 9.10. The van der Waals surface area contributed by atoms with Crippen LogP contribution in [-0.2, 0) is 4.79 Å². The zero-order valence-electron chi connectivity index (χ0n) is 10.5. The molecule has 3 N–H and O–H groups in total. The molecule has 7 heteroatoms. The molecule has 1 unspecified atom stereocenters. The van der Waals surface area contributed by atoms with Gasteiger partial charge >= 0.3 is 12.0 Å². The molecule has 0 saturated carbocycles. The van der Waals surface area contributed by atoms with Crippen molar-refractivity contribution in [2.45, 2.75) is 26.3 Å². The number of anilines is 1. The van der Waals surface area contributed by atoms with Gasteiger partial charge in [-0.05, 0) is 47.0 Å². The molecule has 1 atom stereocenters. The van der Waals surface area contributed by atoms with Gasteiger partial charge in [-0.15, -0.1) is 0 Å². The maximum absolute atomic E-state index is 11.7. The smallest absolute Gasteiger partial charge is 0.326 e. The van der Waals surface area contributed by atoms with Crippen LogP contribution in [0.4, 0.5) is 10.5 Å². The monoisotopic (exact) mass is 348 g/mol. The lowest BCUT2D eigenvalue weighted by atomic mass is 10.2. The number of carboxylic acids is 1. The van der Waals surface area contributed by atoms with Gasteiger partial charge in [0.2, 0.25) is 0 Å². The summed E-state index contributed by atoms with van der Waals surface area (Å²) in [6, 6.07) is 1.86. The first kappa shape index (κ1) is 15.8. The second-order valence-electron chi connectivity index (χ2n) is 3.98. The molecule has 5 nitrogen and oxygen atoms in total. The molecule has 0 bridgehead atoms. The largest absolute Gasteiger partial charge is 0.480 e. The molecule has 1 aromatic carbocycles. The Morgan fingerprint density at radius 3 is 2.63 bits per heavy atom. The van der Waals surface area contributed by atoms with E-state index in [-0.39, 0.29) is 0 Å². The highest BCUT2D eigenvalue weighted by Crippen LogP contribution is 2.29. The van der Waals surface area contributed by atoms with Crippen molar-refractivity contribution in [3.63, 3.8) is 0 Å². The van der Waals surface area contributed by atoms with Gasteiger partial charge in [-0.25, -0.2) is 9.59 Å². The Morgan fingerprint density at radius 2 is 2.11 bits per heavy atom. The fourth-order valence-electron chi connectivity index (χ4n) is 1.40. The summed E-state index contributed by atoms with van der Waals surface area (Å²) in [6.07, 6.45) is 0.304. The number of rotatable bonds is 4. The number of carboxylic acid groups (broad SMARTS) is 1. The van der Waals surface area contributed by atoms with E-state index in [9.17, 15) is 9.59 Å². The molecule has 0 aliphatic heterocycles. The predicted molar refractivity (Wildman–Crippen MR) is 77.8 cm³/mol. The molecular formula is C12H14BrClN2O3. The minimum absolute atomic E-state index is 0.304. The Kier molecular flexibility index (Phi) is 5.62. The van der Waals surface area contributed by atoms with Crippen molar-refractivity contribution in [2.75, 3.05) is 5.32 Å². The lowest BCUT2D eigenvalue weighted by Crippen LogP contribution is -2.42. The van der Waals surface area contributed by atoms with Crippen molar-refractivity contribution in [3.05, 3.63) is 27.2 Å². The van der Waals surface area contributed by atoms with E-state index in [2.05, 4.69) is 26.6 Å². The Labute approximate surface area is 124 Å². The summed E-state index contributed by atoms with van der Waals surface area (Å²) >= 11 is 9.27. The van der Waals surface area contributed by atoms with Crippen LogP contribution < -0.4 is 10.6 Å². The highest BCUT2D eigenvalue weighted by atomic mass is 79.9. The van der Waals surface area contributed by atoms with E-state index in [0.29, 0.717) is 21.6 Å². The Hall–Kier alpha value is -1.27. The third-order valence-electron chi connectivity index (χ3n) is 2.51. The normalized spacial score (nSPS) is 11.8. The summed E-state index contributed by atoms with van der Waals surface area (Å²) in [6.45, 7) is 3.52. The second-order valence-corrected chi connectivity index (χ2v) is 5.24. The molecule has 104 valence electrons. The zero-order chi connectivity index (χ0) is 14.6. The number of urea groups is 1. The number of hydrogen-bond donors (Lipinski definition) is 3. The summed E-state index contributed by atoms with van der Waals surface area (Å²) in [5.74, 6) is -1.07. The molecule has 1 aromatic rings. The average molecular weight is 350 g/mol. The molecule has 0 fully saturated rings. The maximum Gasteiger partial charge on any atom is 0.326 e. The fourth-order valence-corrected chi connectivity index (χ4v) is 2.12. The van der Waals surface area contributed by atoms with Crippen molar-refractivity contribution in [1.29, 1.82) is 0 Å². The van der Waals surface area contributed by atoms with E-state index >= 15 is 0 Å². The number of carbonyl (C=O) groups excluding carboxylic acids is 1. The van der Waals surface area contributed by atoms with Gasteiger partial charge in [-0.3, -0.25) is 0 Å². The van der Waals surface area contributed by atoms with Crippen LogP contribution in [0.25, 0.3) is 0 Å². The molecule has 0 radical (unpaired) electrons. The van der Waals surface area contributed by atoms with Gasteiger partial charge in [0.15, 0.2) is 0 Å². The van der Waals surface area contributed by atoms with Crippen molar-refractivity contribution in [3.8, 4) is 0 Å². The molecule has 0 aliphatic rings. The van der Waals surface area contributed by atoms with Crippen LogP contribution in [0.3, 0.4) is 0 Å². The van der Waals surface area contributed by atoms with Gasteiger partial charge < -0.3 is 15.7 Å². The number of benzene rings is 1. The molecule has 19 heavy (non-hydrogen) atoms. The van der Waals surface area contributed by atoms with Crippen LogP contribution in [0.1, 0.15) is 18.9 Å². The minimum Gasteiger partial charge on any atom is -0.480 e. The summed E-state index contributed by atoms with van der Waals surface area (Å²) in [5.41, 5.74) is 1.35. The zero-order valence-corrected chi connectivity index (χ0v) is 12.8. The molecule has 2 amide bonds. The van der Waals surface area contributed by atoms with Crippen molar-refractivity contribution in [2.24, 2.45) is 0 Å². The van der Waals surface area contributed by atoms with Gasteiger partial charge in [0.25, 0.3) is 0 Å². The number of carbonyl (C=O) groups is 2. The lowest BCUT2D eigenvalue weighted by Gasteiger charge is -2.14. The minimum atomic E-state index is -1.07. The third kappa shape index (κ3) is 4.40. The molecule has 0 aromatic heterocycles. The van der Waals surface area contributed by atoms with E-state index in [0.717, 1.165) is 5.56 Å². The van der Waals surface area contributed by atoms with Crippen LogP contribution in [-0.4, -0.2) is 23.1 Å². The van der Waals surface area contributed by atoms with E-state index < -0.39 is 18.0 Å². The number of aliphatic carboxylic acids is 1. The van der Waals surface area contributed by atoms with Crippen molar-refractivity contribution in [1.82, 2.24) is 5.32 Å². The Morgan fingerprint density at radius 1 is 1.47 bits per heavy atom. The van der Waals surface area contributed by atoms with Crippen LogP contribution in [0.15, 0.2) is 16.6 Å². The van der Waals surface area contributed by atoms with Crippen LogP contribution in [0.5, 0.6) is 0 Å². The Balaban J connectivity index is 2.77. The van der Waals surface area contributed by atoms with Crippen LogP contribution >= 0.6 is 27.5 Å². The molecule has 0 heterocycles. The van der Waals surface area contributed by atoms with Gasteiger partial charge in [0.1, 0.15) is 6.04 Å². The fraction of sp³-hybridized carbons (Fsp3) is 0.333. The van der Waals surface area contributed by atoms with Gasteiger partial charge in [0, 0.05) is 9.50 Å². The first-order chi connectivity index (χ1) is 8.85. The van der Waals surface area contributed by atoms with E-state index in [4.69, 9.17) is 16.7 Å². The number of halogens is 2. The van der Waals surface area contributed by atoms with Crippen molar-refractivity contribution >= 4 is 45.2 Å². The highest BCUT2D eigenvalue weighted by Gasteiger charge is 2.18.